The van der Waals surface area contributed by atoms with Crippen LogP contribution in [0.4, 0.5) is 0 Å². The van der Waals surface area contributed by atoms with E-state index in [9.17, 15) is 24.0 Å². The van der Waals surface area contributed by atoms with E-state index in [4.69, 9.17) is 21.9 Å². The van der Waals surface area contributed by atoms with Gasteiger partial charge < -0.3 is 32.6 Å². The number of benzene rings is 2. The van der Waals surface area contributed by atoms with Gasteiger partial charge in [0.15, 0.2) is 5.78 Å². The van der Waals surface area contributed by atoms with E-state index >= 15 is 0 Å². The van der Waals surface area contributed by atoms with Gasteiger partial charge in [-0.2, -0.15) is 0 Å². The molecule has 2 aromatic carbocycles. The van der Waals surface area contributed by atoms with Crippen molar-refractivity contribution in [1.29, 1.82) is 0 Å². The Hall–Kier alpha value is -4.25. The molecule has 11 nitrogen and oxygen atoms in total. The highest BCUT2D eigenvalue weighted by molar-refractivity contribution is 5.99. The average molecular weight is 540 g/mol. The summed E-state index contributed by atoms with van der Waals surface area (Å²) in [5, 5.41) is 5.25. The van der Waals surface area contributed by atoms with Gasteiger partial charge in [0, 0.05) is 17.9 Å². The smallest absolute Gasteiger partial charge is 0.252 e. The molecule has 0 heterocycles. The molecule has 0 unspecified atom stereocenters. The van der Waals surface area contributed by atoms with Gasteiger partial charge >= 0.3 is 0 Å². The van der Waals surface area contributed by atoms with E-state index in [2.05, 4.69) is 10.6 Å². The third kappa shape index (κ3) is 10.6. The Kier molecular flexibility index (Phi) is 12.6. The van der Waals surface area contributed by atoms with Crippen molar-refractivity contribution in [3.63, 3.8) is 0 Å². The van der Waals surface area contributed by atoms with Crippen LogP contribution in [0.3, 0.4) is 0 Å². The summed E-state index contributed by atoms with van der Waals surface area (Å²) < 4.78 is 5.19. The molecule has 0 aromatic heterocycles. The Morgan fingerprint density at radius 3 is 2.21 bits per heavy atom. The van der Waals surface area contributed by atoms with E-state index in [1.54, 1.807) is 24.3 Å². The number of carbonyl (C=O) groups excluding carboxylic acids is 5. The predicted octanol–water partition coefficient (Wildman–Crippen LogP) is 0.586. The maximum absolute atomic E-state index is 13.6. The van der Waals surface area contributed by atoms with E-state index in [1.807, 2.05) is 30.3 Å². The van der Waals surface area contributed by atoms with Crippen molar-refractivity contribution in [2.24, 2.45) is 23.1 Å². The zero-order valence-corrected chi connectivity index (χ0v) is 22.1. The topological polar surface area (TPSA) is 197 Å². The molecule has 210 valence electrons. The lowest BCUT2D eigenvalue weighted by atomic mass is 9.90. The maximum Gasteiger partial charge on any atom is 0.252 e. The Morgan fingerprint density at radius 1 is 0.872 bits per heavy atom. The van der Waals surface area contributed by atoms with Crippen molar-refractivity contribution in [2.45, 2.75) is 50.6 Å². The quantitative estimate of drug-likeness (QED) is 0.181. The second-order valence-electron chi connectivity index (χ2n) is 9.23. The van der Waals surface area contributed by atoms with Crippen molar-refractivity contribution in [3.8, 4) is 5.75 Å². The number of Topliss-reactive ketones (excluding diaryl/α,β-unsaturated/α-hetero) is 1. The van der Waals surface area contributed by atoms with Crippen molar-refractivity contribution in [1.82, 2.24) is 10.6 Å². The minimum atomic E-state index is -1.30. The summed E-state index contributed by atoms with van der Waals surface area (Å²) in [5.41, 5.74) is 17.2. The number of rotatable bonds is 17. The van der Waals surface area contributed by atoms with Crippen LogP contribution in [0.25, 0.3) is 0 Å². The molecular weight excluding hydrogens is 502 g/mol. The van der Waals surface area contributed by atoms with Crippen molar-refractivity contribution in [3.05, 3.63) is 65.7 Å². The lowest BCUT2D eigenvalue weighted by Gasteiger charge is -2.23. The summed E-state index contributed by atoms with van der Waals surface area (Å²) in [6.45, 7) is 0.404. The van der Waals surface area contributed by atoms with Gasteiger partial charge in [-0.25, -0.2) is 0 Å². The van der Waals surface area contributed by atoms with E-state index in [0.717, 1.165) is 5.56 Å². The highest BCUT2D eigenvalue weighted by atomic mass is 16.5. The molecular formula is C28H37N5O6. The van der Waals surface area contributed by atoms with Gasteiger partial charge in [-0.05, 0) is 49.6 Å². The monoisotopic (exact) mass is 539 g/mol. The van der Waals surface area contributed by atoms with Gasteiger partial charge in [0.05, 0.1) is 19.6 Å². The van der Waals surface area contributed by atoms with Crippen molar-refractivity contribution < 1.29 is 28.7 Å². The molecule has 0 aliphatic heterocycles. The third-order valence-electron chi connectivity index (χ3n) is 6.20. The number of primary amides is 2. The first-order valence-corrected chi connectivity index (χ1v) is 12.7. The fraction of sp³-hybridized carbons (Fsp3) is 0.393. The molecule has 0 spiro atoms. The molecule has 0 fully saturated rings. The van der Waals surface area contributed by atoms with Gasteiger partial charge in [-0.1, -0.05) is 42.8 Å². The summed E-state index contributed by atoms with van der Waals surface area (Å²) in [6, 6.07) is 13.5. The summed E-state index contributed by atoms with van der Waals surface area (Å²) in [4.78, 5) is 62.8. The lowest BCUT2D eigenvalue weighted by molar-refractivity contribution is -0.133. The molecule has 0 aliphatic carbocycles. The van der Waals surface area contributed by atoms with Crippen LogP contribution in [0.15, 0.2) is 54.6 Å². The van der Waals surface area contributed by atoms with Crippen LogP contribution < -0.4 is 32.6 Å². The van der Waals surface area contributed by atoms with E-state index < -0.39 is 48.1 Å². The molecule has 0 saturated heterocycles. The Bertz CT molecular complexity index is 1140. The number of nitrogens with two attached hydrogens (primary N) is 3. The molecule has 0 aliphatic rings. The Morgan fingerprint density at radius 2 is 1.59 bits per heavy atom. The lowest BCUT2D eigenvalue weighted by Crippen LogP contribution is -2.49. The molecule has 11 heteroatoms. The van der Waals surface area contributed by atoms with Crippen molar-refractivity contribution >= 4 is 29.4 Å². The SMILES string of the molecule is COc1cccc(C(=O)N[C@@H](Cc2ccccc2)C(=O)C[C@@H](CCCCN)C(=O)N[C@@H](CC(N)=O)C(N)=O)c1. The molecule has 2 rings (SSSR count). The summed E-state index contributed by atoms with van der Waals surface area (Å²) in [5.74, 6) is -3.52. The number of methoxy groups -OCH3 is 1. The Balaban J connectivity index is 2.27. The van der Waals surface area contributed by atoms with Gasteiger partial charge in [0.1, 0.15) is 11.8 Å². The van der Waals surface area contributed by atoms with Crippen LogP contribution in [-0.2, 0) is 25.6 Å². The molecule has 3 atom stereocenters. The first-order chi connectivity index (χ1) is 18.6. The summed E-state index contributed by atoms with van der Waals surface area (Å²) in [7, 11) is 1.49. The summed E-state index contributed by atoms with van der Waals surface area (Å²) >= 11 is 0. The molecule has 39 heavy (non-hydrogen) atoms. The van der Waals surface area contributed by atoms with Crippen LogP contribution >= 0.6 is 0 Å². The third-order valence-corrected chi connectivity index (χ3v) is 6.20. The Labute approximate surface area is 227 Å². The second kappa shape index (κ2) is 15.9. The van der Waals surface area contributed by atoms with Crippen LogP contribution in [-0.4, -0.2) is 55.2 Å². The molecule has 2 aromatic rings. The standard InChI is InChI=1S/C28H37N5O6/c1-39-21-12-7-11-19(15-21)27(37)32-22(14-18-8-3-2-4-9-18)24(34)16-20(10-5-6-13-29)28(38)33-23(26(31)36)17-25(30)35/h2-4,7-9,11-12,15,20,22-23H,5-6,10,13-14,16-17,29H2,1H3,(H2,30,35)(H2,31,36)(H,32,37)(H,33,38)/t20-,22+,23+/m1/s1. The first-order valence-electron chi connectivity index (χ1n) is 12.7. The highest BCUT2D eigenvalue weighted by Crippen LogP contribution is 2.18. The molecule has 8 N–H and O–H groups in total. The molecule has 0 bridgehead atoms. The van der Waals surface area contributed by atoms with Gasteiger partial charge in [0.25, 0.3) is 5.91 Å². The molecule has 0 radical (unpaired) electrons. The number of hydrogen-bond donors (Lipinski definition) is 5. The van der Waals surface area contributed by atoms with Gasteiger partial charge in [-0.3, -0.25) is 24.0 Å². The van der Waals surface area contributed by atoms with Crippen LogP contribution in [0, 0.1) is 5.92 Å². The normalized spacial score (nSPS) is 13.0. The summed E-state index contributed by atoms with van der Waals surface area (Å²) in [6.07, 6.45) is 1.01. The largest absolute Gasteiger partial charge is 0.497 e. The number of amides is 4. The maximum atomic E-state index is 13.6. The van der Waals surface area contributed by atoms with Crippen LogP contribution in [0.2, 0.25) is 0 Å². The zero-order chi connectivity index (χ0) is 28.8. The molecule has 0 saturated carbocycles. The number of hydrogen-bond acceptors (Lipinski definition) is 7. The van der Waals surface area contributed by atoms with E-state index in [1.165, 1.54) is 7.11 Å². The fourth-order valence-corrected chi connectivity index (χ4v) is 4.06. The minimum Gasteiger partial charge on any atom is -0.497 e. The van der Waals surface area contributed by atoms with E-state index in [0.29, 0.717) is 37.1 Å². The van der Waals surface area contributed by atoms with Gasteiger partial charge in [0.2, 0.25) is 17.7 Å². The number of nitrogens with one attached hydrogen (secondary N) is 2. The van der Waals surface area contributed by atoms with Crippen molar-refractivity contribution in [2.75, 3.05) is 13.7 Å². The highest BCUT2D eigenvalue weighted by Gasteiger charge is 2.30. The van der Waals surface area contributed by atoms with Gasteiger partial charge in [-0.15, -0.1) is 0 Å². The zero-order valence-electron chi connectivity index (χ0n) is 22.1. The second-order valence-corrected chi connectivity index (χ2v) is 9.23. The first kappa shape index (κ1) is 31.0. The van der Waals surface area contributed by atoms with Crippen LogP contribution in [0.5, 0.6) is 5.75 Å². The van der Waals surface area contributed by atoms with Crippen LogP contribution in [0.1, 0.15) is 48.0 Å². The number of ether oxygens (including phenoxy) is 1. The molecule has 4 amide bonds. The average Bonchev–Trinajstić information content (AvgIpc) is 2.91. The fourth-order valence-electron chi connectivity index (χ4n) is 4.06. The predicted molar refractivity (Wildman–Crippen MR) is 145 cm³/mol. The number of unbranched alkanes of at least 4 members (excludes halogenated alkanes) is 1. The minimum absolute atomic E-state index is 0.206. The number of ketones is 1. The number of carbonyl (C=O) groups is 5. The van der Waals surface area contributed by atoms with E-state index in [-0.39, 0.29) is 18.6 Å².